The van der Waals surface area contributed by atoms with Gasteiger partial charge < -0.3 is 33.2 Å². The van der Waals surface area contributed by atoms with Gasteiger partial charge in [0.05, 0.1) is 46.2 Å². The summed E-state index contributed by atoms with van der Waals surface area (Å²) in [5.74, 6) is 1.60. The van der Waals surface area contributed by atoms with E-state index in [1.54, 1.807) is 14.2 Å². The van der Waals surface area contributed by atoms with Crippen LogP contribution < -0.4 is 0 Å². The highest BCUT2D eigenvalue weighted by Gasteiger charge is 2.22. The Morgan fingerprint density at radius 2 is 1.13 bits per heavy atom. The lowest BCUT2D eigenvalue weighted by molar-refractivity contribution is -0.0635. The quantitative estimate of drug-likeness (QED) is 0.451. The third-order valence-corrected chi connectivity index (χ3v) is 4.56. The Bertz CT molecular complexity index is 328. The average molecular weight is 455 g/mol. The third-order valence-electron chi connectivity index (χ3n) is 4.56. The van der Waals surface area contributed by atoms with Gasteiger partial charge in [-0.3, -0.25) is 0 Å². The first kappa shape index (κ1) is 35.3. The number of rotatable bonds is 10. The largest absolute Gasteiger partial charge is 0.384 e. The summed E-state index contributed by atoms with van der Waals surface area (Å²) in [7, 11) is 3.40. The van der Waals surface area contributed by atoms with Gasteiger partial charge in [-0.05, 0) is 32.6 Å². The molecule has 192 valence electrons. The van der Waals surface area contributed by atoms with E-state index in [9.17, 15) is 0 Å². The fraction of sp³-hybridized carbons (Fsp3) is 1.00. The van der Waals surface area contributed by atoms with Crippen molar-refractivity contribution in [2.45, 2.75) is 67.6 Å². The fourth-order valence-electron chi connectivity index (χ4n) is 2.32. The normalized spacial score (nSPS) is 22.5. The Kier molecular flexibility index (Phi) is 27.8. The highest BCUT2D eigenvalue weighted by molar-refractivity contribution is 4.68. The monoisotopic (exact) mass is 454 g/mol. The van der Waals surface area contributed by atoms with E-state index in [0.29, 0.717) is 18.1 Å². The first-order chi connectivity index (χ1) is 13.7. The van der Waals surface area contributed by atoms with Gasteiger partial charge in [-0.15, -0.1) is 0 Å². The molecule has 4 aliphatic rings. The van der Waals surface area contributed by atoms with Crippen molar-refractivity contribution in [3.63, 3.8) is 0 Å². The molecule has 0 radical (unpaired) electrons. The first-order valence-corrected chi connectivity index (χ1v) is 10.7. The van der Waals surface area contributed by atoms with Crippen molar-refractivity contribution in [1.29, 1.82) is 0 Å². The molecule has 3 saturated heterocycles. The molecule has 2 unspecified atom stereocenters. The van der Waals surface area contributed by atoms with Crippen molar-refractivity contribution < 1.29 is 33.2 Å². The zero-order valence-electron chi connectivity index (χ0n) is 18.4. The molecule has 1 aliphatic carbocycles. The van der Waals surface area contributed by atoms with E-state index in [4.69, 9.17) is 33.2 Å². The standard InChI is InChI=1S/C7H14O.2C5H10O2.C4H8O2.3CH4/c1-2-8-6-7-4-3-5-7;1-6-2-5-3-7-4-5;1-2-6-3-5-4-7-5;1-5-2-4-3-6-4;;;/h7H,2-6H2,1H3;2*5H,2-4H2,1H3;4H,2-3H2,1H3;3*1H4. The number of hydrogen-bond donors (Lipinski definition) is 0. The van der Waals surface area contributed by atoms with Gasteiger partial charge in [0.2, 0.25) is 0 Å². The van der Waals surface area contributed by atoms with Gasteiger partial charge in [-0.1, -0.05) is 28.7 Å². The molecule has 0 amide bonds. The Labute approximate surface area is 193 Å². The van der Waals surface area contributed by atoms with Crippen LogP contribution in [0.5, 0.6) is 0 Å². The summed E-state index contributed by atoms with van der Waals surface area (Å²) in [5, 5.41) is 0. The van der Waals surface area contributed by atoms with Gasteiger partial charge >= 0.3 is 0 Å². The lowest BCUT2D eigenvalue weighted by Crippen LogP contribution is -2.30. The molecule has 7 heteroatoms. The zero-order chi connectivity index (χ0) is 20.5. The summed E-state index contributed by atoms with van der Waals surface area (Å²) in [5.41, 5.74) is 0. The Morgan fingerprint density at radius 3 is 1.39 bits per heavy atom. The minimum Gasteiger partial charge on any atom is -0.384 e. The zero-order valence-corrected chi connectivity index (χ0v) is 18.4. The summed E-state index contributed by atoms with van der Waals surface area (Å²) >= 11 is 0. The van der Waals surface area contributed by atoms with Crippen LogP contribution in [-0.2, 0) is 33.2 Å². The molecular formula is C24H54O7. The van der Waals surface area contributed by atoms with Crippen molar-refractivity contribution in [3.05, 3.63) is 0 Å². The first-order valence-electron chi connectivity index (χ1n) is 10.7. The third kappa shape index (κ3) is 22.7. The van der Waals surface area contributed by atoms with Crippen LogP contribution in [0.15, 0.2) is 0 Å². The van der Waals surface area contributed by atoms with E-state index >= 15 is 0 Å². The minimum absolute atomic E-state index is 0. The molecule has 0 N–H and O–H groups in total. The lowest BCUT2D eigenvalue weighted by Gasteiger charge is -2.24. The van der Waals surface area contributed by atoms with Crippen LogP contribution in [-0.4, -0.2) is 92.5 Å². The van der Waals surface area contributed by atoms with Crippen LogP contribution in [0.25, 0.3) is 0 Å². The Balaban J connectivity index is -0.000000328. The molecule has 3 aliphatic heterocycles. The molecule has 0 spiro atoms. The molecule has 3 heterocycles. The van der Waals surface area contributed by atoms with Gasteiger partial charge in [-0.2, -0.15) is 0 Å². The molecule has 2 atom stereocenters. The molecule has 1 saturated carbocycles. The predicted octanol–water partition coefficient (Wildman–Crippen LogP) is 4.46. The number of ether oxygens (including phenoxy) is 7. The van der Waals surface area contributed by atoms with Gasteiger partial charge in [0.1, 0.15) is 12.2 Å². The van der Waals surface area contributed by atoms with E-state index in [1.807, 2.05) is 6.92 Å². The van der Waals surface area contributed by atoms with Crippen molar-refractivity contribution in [3.8, 4) is 0 Å². The molecule has 0 aromatic carbocycles. The smallest absolute Gasteiger partial charge is 0.104 e. The van der Waals surface area contributed by atoms with Crippen LogP contribution in [0.3, 0.4) is 0 Å². The van der Waals surface area contributed by atoms with E-state index in [2.05, 4.69) is 6.92 Å². The van der Waals surface area contributed by atoms with E-state index in [1.165, 1.54) is 19.3 Å². The maximum absolute atomic E-state index is 5.24. The van der Waals surface area contributed by atoms with Crippen molar-refractivity contribution >= 4 is 0 Å². The predicted molar refractivity (Wildman–Crippen MR) is 128 cm³/mol. The molecule has 7 nitrogen and oxygen atoms in total. The number of hydrogen-bond acceptors (Lipinski definition) is 7. The summed E-state index contributed by atoms with van der Waals surface area (Å²) in [4.78, 5) is 0. The maximum Gasteiger partial charge on any atom is 0.104 e. The van der Waals surface area contributed by atoms with Crippen molar-refractivity contribution in [1.82, 2.24) is 0 Å². The summed E-state index contributed by atoms with van der Waals surface area (Å²) < 4.78 is 34.5. The second-order valence-electron chi connectivity index (χ2n) is 7.34. The van der Waals surface area contributed by atoms with E-state index in [-0.39, 0.29) is 22.3 Å². The summed E-state index contributed by atoms with van der Waals surface area (Å²) in [6, 6.07) is 0. The van der Waals surface area contributed by atoms with Crippen LogP contribution >= 0.6 is 0 Å². The molecule has 31 heavy (non-hydrogen) atoms. The Morgan fingerprint density at radius 1 is 0.645 bits per heavy atom. The topological polar surface area (TPSA) is 71.2 Å². The van der Waals surface area contributed by atoms with Crippen molar-refractivity contribution in [2.24, 2.45) is 11.8 Å². The van der Waals surface area contributed by atoms with Crippen LogP contribution in [0, 0.1) is 11.8 Å². The molecule has 0 aromatic heterocycles. The maximum atomic E-state index is 5.24. The number of epoxide rings is 2. The van der Waals surface area contributed by atoms with Crippen LogP contribution in [0.2, 0.25) is 0 Å². The van der Waals surface area contributed by atoms with Gasteiger partial charge in [0, 0.05) is 40.0 Å². The van der Waals surface area contributed by atoms with Gasteiger partial charge in [-0.25, -0.2) is 0 Å². The van der Waals surface area contributed by atoms with E-state index in [0.717, 1.165) is 72.0 Å². The number of methoxy groups -OCH3 is 2. The molecular weight excluding hydrogens is 400 g/mol. The lowest BCUT2D eigenvalue weighted by atomic mass is 9.86. The average Bonchev–Trinajstić information content (AvgIpc) is 3.52. The summed E-state index contributed by atoms with van der Waals surface area (Å²) in [6.45, 7) is 12.7. The SMILES string of the molecule is C.C.C.CCOCC1CCC1.CCOCC1CO1.COCC1CO1.COCC1COC1. The van der Waals surface area contributed by atoms with Gasteiger partial charge in [0.25, 0.3) is 0 Å². The molecule has 0 bridgehead atoms. The molecule has 4 fully saturated rings. The molecule has 4 rings (SSSR count). The highest BCUT2D eigenvalue weighted by atomic mass is 16.6. The second kappa shape index (κ2) is 24.4. The Hall–Kier alpha value is -0.280. The fourth-order valence-corrected chi connectivity index (χ4v) is 2.32. The minimum atomic E-state index is 0. The van der Waals surface area contributed by atoms with Crippen molar-refractivity contribution in [2.75, 3.05) is 80.3 Å². The molecule has 0 aromatic rings. The highest BCUT2D eigenvalue weighted by Crippen LogP contribution is 2.25. The van der Waals surface area contributed by atoms with E-state index < -0.39 is 0 Å². The summed E-state index contributed by atoms with van der Waals surface area (Å²) in [6.07, 6.45) is 5.09. The second-order valence-corrected chi connectivity index (χ2v) is 7.34. The van der Waals surface area contributed by atoms with Crippen LogP contribution in [0.1, 0.15) is 55.4 Å². The van der Waals surface area contributed by atoms with Gasteiger partial charge in [0.15, 0.2) is 0 Å². The van der Waals surface area contributed by atoms with Crippen LogP contribution in [0.4, 0.5) is 0 Å².